The van der Waals surface area contributed by atoms with Crippen LogP contribution in [0.5, 0.6) is 0 Å². The molecule has 1 N–H and O–H groups in total. The van der Waals surface area contributed by atoms with Gasteiger partial charge in [-0.3, -0.25) is 4.79 Å². The zero-order chi connectivity index (χ0) is 13.5. The van der Waals surface area contributed by atoms with Gasteiger partial charge in [0.05, 0.1) is 5.41 Å². The molecule has 0 radical (unpaired) electrons. The highest BCUT2D eigenvalue weighted by molar-refractivity contribution is 5.87. The normalized spacial score (nSPS) is 27.1. The maximum Gasteiger partial charge on any atom is 0.226 e. The van der Waals surface area contributed by atoms with E-state index in [0.29, 0.717) is 5.92 Å². The topological polar surface area (TPSA) is 29.1 Å². The van der Waals surface area contributed by atoms with Crippen molar-refractivity contribution >= 4 is 5.91 Å². The molecule has 1 unspecified atom stereocenters. The van der Waals surface area contributed by atoms with Gasteiger partial charge in [0.2, 0.25) is 5.91 Å². The monoisotopic (exact) mass is 239 g/mol. The molecule has 0 bridgehead atoms. The summed E-state index contributed by atoms with van der Waals surface area (Å²) < 4.78 is 0. The number of carbonyl (C=O) groups is 1. The Morgan fingerprint density at radius 1 is 1.29 bits per heavy atom. The molecule has 0 aromatic rings. The second-order valence-electron chi connectivity index (χ2n) is 7.98. The van der Waals surface area contributed by atoms with E-state index in [1.54, 1.807) is 0 Å². The van der Waals surface area contributed by atoms with Gasteiger partial charge in [-0.2, -0.15) is 0 Å². The molecule has 1 fully saturated rings. The van der Waals surface area contributed by atoms with Crippen molar-refractivity contribution in [1.82, 2.24) is 5.32 Å². The van der Waals surface area contributed by atoms with Gasteiger partial charge < -0.3 is 5.32 Å². The van der Waals surface area contributed by atoms with Crippen molar-refractivity contribution in [3.63, 3.8) is 0 Å². The van der Waals surface area contributed by atoms with Gasteiger partial charge in [0.1, 0.15) is 0 Å². The van der Waals surface area contributed by atoms with Gasteiger partial charge in [-0.1, -0.05) is 48.5 Å². The first kappa shape index (κ1) is 14.5. The standard InChI is InChI=1S/C15H29NO/c1-11(2)8-16-12(17)15(9-13(3,4)5)10-14(15,6)7/h11H,8-10H2,1-7H3,(H,16,17). The van der Waals surface area contributed by atoms with Crippen LogP contribution in [-0.4, -0.2) is 12.5 Å². The third kappa shape index (κ3) is 3.23. The van der Waals surface area contributed by atoms with Crippen molar-refractivity contribution in [2.24, 2.45) is 22.2 Å². The number of hydrogen-bond acceptors (Lipinski definition) is 1. The number of hydrogen-bond donors (Lipinski definition) is 1. The van der Waals surface area contributed by atoms with Gasteiger partial charge in [0.15, 0.2) is 0 Å². The summed E-state index contributed by atoms with van der Waals surface area (Å²) in [6.45, 7) is 16.2. The van der Waals surface area contributed by atoms with Crippen LogP contribution in [0.25, 0.3) is 0 Å². The summed E-state index contributed by atoms with van der Waals surface area (Å²) in [5.74, 6) is 0.790. The molecule has 1 amide bonds. The Labute approximate surface area is 107 Å². The van der Waals surface area contributed by atoms with E-state index < -0.39 is 0 Å². The zero-order valence-corrected chi connectivity index (χ0v) is 12.6. The molecule has 0 heterocycles. The minimum absolute atomic E-state index is 0.125. The van der Waals surface area contributed by atoms with Crippen LogP contribution in [0, 0.1) is 22.2 Å². The van der Waals surface area contributed by atoms with E-state index in [1.807, 2.05) is 0 Å². The second-order valence-corrected chi connectivity index (χ2v) is 7.98. The Kier molecular flexibility index (Phi) is 3.67. The van der Waals surface area contributed by atoms with E-state index >= 15 is 0 Å². The maximum atomic E-state index is 12.4. The lowest BCUT2D eigenvalue weighted by atomic mass is 9.78. The predicted octanol–water partition coefficient (Wildman–Crippen LogP) is 3.61. The van der Waals surface area contributed by atoms with Crippen LogP contribution >= 0.6 is 0 Å². The van der Waals surface area contributed by atoms with Crippen LogP contribution in [0.1, 0.15) is 61.3 Å². The van der Waals surface area contributed by atoms with E-state index in [1.165, 1.54) is 0 Å². The number of rotatable bonds is 4. The molecule has 0 saturated heterocycles. The summed E-state index contributed by atoms with van der Waals surface area (Å²) in [6.07, 6.45) is 2.01. The molecule has 2 nitrogen and oxygen atoms in total. The Hall–Kier alpha value is -0.530. The summed E-state index contributed by atoms with van der Waals surface area (Å²) in [5.41, 5.74) is 0.254. The smallest absolute Gasteiger partial charge is 0.226 e. The number of amides is 1. The Morgan fingerprint density at radius 3 is 2.06 bits per heavy atom. The van der Waals surface area contributed by atoms with Crippen LogP contribution in [0.4, 0.5) is 0 Å². The first-order chi connectivity index (χ1) is 7.50. The Balaban J connectivity index is 2.71. The molecule has 0 aromatic heterocycles. The molecular formula is C15H29NO. The van der Waals surface area contributed by atoms with Gasteiger partial charge in [0, 0.05) is 6.54 Å². The fourth-order valence-electron chi connectivity index (χ4n) is 2.85. The van der Waals surface area contributed by atoms with Crippen molar-refractivity contribution in [3.8, 4) is 0 Å². The molecule has 1 atom stereocenters. The van der Waals surface area contributed by atoms with Crippen molar-refractivity contribution in [3.05, 3.63) is 0 Å². The summed E-state index contributed by atoms with van der Waals surface area (Å²) >= 11 is 0. The summed E-state index contributed by atoms with van der Waals surface area (Å²) in [5, 5.41) is 3.12. The van der Waals surface area contributed by atoms with Crippen LogP contribution in [0.2, 0.25) is 0 Å². The quantitative estimate of drug-likeness (QED) is 0.797. The zero-order valence-electron chi connectivity index (χ0n) is 12.6. The van der Waals surface area contributed by atoms with E-state index in [0.717, 1.165) is 19.4 Å². The predicted molar refractivity (Wildman–Crippen MR) is 72.8 cm³/mol. The molecule has 1 saturated carbocycles. The van der Waals surface area contributed by atoms with Crippen molar-refractivity contribution in [2.75, 3.05) is 6.54 Å². The molecule has 0 aliphatic heterocycles. The average Bonchev–Trinajstić information content (AvgIpc) is 2.61. The largest absolute Gasteiger partial charge is 0.355 e. The molecule has 2 heteroatoms. The first-order valence-corrected chi connectivity index (χ1v) is 6.78. The summed E-state index contributed by atoms with van der Waals surface area (Å²) in [6, 6.07) is 0. The fourth-order valence-corrected chi connectivity index (χ4v) is 2.85. The Bertz CT molecular complexity index is 299. The van der Waals surface area contributed by atoms with Crippen LogP contribution in [-0.2, 0) is 4.79 Å². The van der Waals surface area contributed by atoms with E-state index in [4.69, 9.17) is 0 Å². The molecule has 17 heavy (non-hydrogen) atoms. The minimum Gasteiger partial charge on any atom is -0.355 e. The molecular weight excluding hydrogens is 210 g/mol. The van der Waals surface area contributed by atoms with Gasteiger partial charge in [-0.15, -0.1) is 0 Å². The molecule has 0 aromatic carbocycles. The van der Waals surface area contributed by atoms with Gasteiger partial charge >= 0.3 is 0 Å². The van der Waals surface area contributed by atoms with Crippen LogP contribution in [0.15, 0.2) is 0 Å². The lowest BCUT2D eigenvalue weighted by Crippen LogP contribution is -2.38. The van der Waals surface area contributed by atoms with E-state index in [2.05, 4.69) is 53.8 Å². The van der Waals surface area contributed by atoms with Crippen molar-refractivity contribution in [1.29, 1.82) is 0 Å². The lowest BCUT2D eigenvalue weighted by Gasteiger charge is -2.28. The van der Waals surface area contributed by atoms with Crippen LogP contribution in [0.3, 0.4) is 0 Å². The van der Waals surface area contributed by atoms with Crippen molar-refractivity contribution in [2.45, 2.75) is 61.3 Å². The first-order valence-electron chi connectivity index (χ1n) is 6.78. The molecule has 1 aliphatic carbocycles. The SMILES string of the molecule is CC(C)CNC(=O)C1(CC(C)(C)C)CC1(C)C. The fraction of sp³-hybridized carbons (Fsp3) is 0.933. The van der Waals surface area contributed by atoms with Gasteiger partial charge in [-0.25, -0.2) is 0 Å². The molecule has 1 aliphatic rings. The highest BCUT2D eigenvalue weighted by atomic mass is 16.2. The van der Waals surface area contributed by atoms with Gasteiger partial charge in [-0.05, 0) is 29.6 Å². The third-order valence-electron chi connectivity index (χ3n) is 3.85. The average molecular weight is 239 g/mol. The van der Waals surface area contributed by atoms with Gasteiger partial charge in [0.25, 0.3) is 0 Å². The van der Waals surface area contributed by atoms with E-state index in [-0.39, 0.29) is 22.2 Å². The molecule has 100 valence electrons. The summed E-state index contributed by atoms with van der Waals surface area (Å²) in [7, 11) is 0. The maximum absolute atomic E-state index is 12.4. The summed E-state index contributed by atoms with van der Waals surface area (Å²) in [4.78, 5) is 12.4. The van der Waals surface area contributed by atoms with E-state index in [9.17, 15) is 4.79 Å². The third-order valence-corrected chi connectivity index (χ3v) is 3.85. The van der Waals surface area contributed by atoms with Crippen LogP contribution < -0.4 is 5.32 Å². The second kappa shape index (κ2) is 4.29. The van der Waals surface area contributed by atoms with Crippen molar-refractivity contribution < 1.29 is 4.79 Å². The molecule has 1 rings (SSSR count). The highest BCUT2D eigenvalue weighted by Crippen LogP contribution is 2.67. The molecule has 0 spiro atoms. The number of carbonyl (C=O) groups excluding carboxylic acids is 1. The Morgan fingerprint density at radius 2 is 1.76 bits per heavy atom. The highest BCUT2D eigenvalue weighted by Gasteiger charge is 2.66. The minimum atomic E-state index is -0.125. The number of nitrogens with one attached hydrogen (secondary N) is 1. The lowest BCUT2D eigenvalue weighted by molar-refractivity contribution is -0.129.